The predicted octanol–water partition coefficient (Wildman–Crippen LogP) is 2.31. The lowest BCUT2D eigenvalue weighted by molar-refractivity contribution is 0.101. The first-order valence-electron chi connectivity index (χ1n) is 6.55. The Morgan fingerprint density at radius 3 is 2.70 bits per heavy atom. The number of carbonyl (C=O) groups is 1. The minimum absolute atomic E-state index is 0.0595. The topological polar surface area (TPSA) is 85.8 Å². The van der Waals surface area contributed by atoms with Gasteiger partial charge in [0.2, 0.25) is 0 Å². The van der Waals surface area contributed by atoms with Gasteiger partial charge in [0.1, 0.15) is 17.3 Å². The van der Waals surface area contributed by atoms with Crippen LogP contribution in [0.3, 0.4) is 0 Å². The van der Waals surface area contributed by atoms with E-state index >= 15 is 0 Å². The molecule has 9 heteroatoms. The molecule has 0 bridgehead atoms. The molecule has 0 saturated carbocycles. The van der Waals surface area contributed by atoms with Crippen LogP contribution in [-0.2, 0) is 7.05 Å². The van der Waals surface area contributed by atoms with E-state index in [0.717, 1.165) is 6.07 Å². The molecule has 3 aromatic rings. The first kappa shape index (κ1) is 14.8. The van der Waals surface area contributed by atoms with Crippen LogP contribution >= 0.6 is 0 Å². The van der Waals surface area contributed by atoms with Crippen molar-refractivity contribution in [1.29, 1.82) is 0 Å². The number of rotatable bonds is 3. The van der Waals surface area contributed by atoms with Crippen LogP contribution < -0.4 is 5.32 Å². The average Bonchev–Trinajstić information content (AvgIpc) is 3.05. The molecule has 1 N–H and O–H groups in total. The van der Waals surface area contributed by atoms with Gasteiger partial charge in [-0.15, -0.1) is 5.10 Å². The number of nitrogens with one attached hydrogen (secondary N) is 1. The molecule has 0 fully saturated rings. The standard InChI is InChI=1S/C14H11F2N5O2/c1-7-5-11(21(2)20-7)12(22)17-14-19-18-13(23-14)9-4-3-8(15)6-10(9)16/h3-6H,1-2H3,(H,17,19,22). The Morgan fingerprint density at radius 2 is 2.04 bits per heavy atom. The van der Waals surface area contributed by atoms with E-state index < -0.39 is 17.5 Å². The lowest BCUT2D eigenvalue weighted by Gasteiger charge is -2.00. The Labute approximate surface area is 128 Å². The molecule has 0 aliphatic carbocycles. The van der Waals surface area contributed by atoms with Gasteiger partial charge in [-0.25, -0.2) is 8.78 Å². The molecule has 0 radical (unpaired) electrons. The summed E-state index contributed by atoms with van der Waals surface area (Å²) < 4.78 is 33.1. The molecule has 118 valence electrons. The summed E-state index contributed by atoms with van der Waals surface area (Å²) in [6.45, 7) is 1.75. The van der Waals surface area contributed by atoms with Crippen molar-refractivity contribution in [3.8, 4) is 11.5 Å². The molecule has 7 nitrogen and oxygen atoms in total. The zero-order valence-electron chi connectivity index (χ0n) is 12.2. The number of hydrogen-bond donors (Lipinski definition) is 1. The van der Waals surface area contributed by atoms with Gasteiger partial charge in [-0.1, -0.05) is 5.10 Å². The Balaban J connectivity index is 1.82. The Morgan fingerprint density at radius 1 is 1.26 bits per heavy atom. The van der Waals surface area contributed by atoms with Gasteiger partial charge in [-0.2, -0.15) is 5.10 Å². The molecular weight excluding hydrogens is 308 g/mol. The largest absolute Gasteiger partial charge is 0.403 e. The van der Waals surface area contributed by atoms with Crippen LogP contribution in [0.15, 0.2) is 28.7 Å². The zero-order chi connectivity index (χ0) is 16.6. The minimum atomic E-state index is -0.839. The summed E-state index contributed by atoms with van der Waals surface area (Å²) in [5.41, 5.74) is 0.920. The number of aromatic nitrogens is 4. The van der Waals surface area contributed by atoms with E-state index in [2.05, 4.69) is 20.6 Å². The summed E-state index contributed by atoms with van der Waals surface area (Å²) in [6, 6.07) is 4.34. The van der Waals surface area contributed by atoms with Crippen molar-refractivity contribution >= 4 is 11.9 Å². The van der Waals surface area contributed by atoms with Crippen LogP contribution in [0.5, 0.6) is 0 Å². The van der Waals surface area contributed by atoms with Crippen molar-refractivity contribution in [3.05, 3.63) is 47.3 Å². The molecule has 0 aliphatic heterocycles. The summed E-state index contributed by atoms with van der Waals surface area (Å²) in [5.74, 6) is -2.22. The highest BCUT2D eigenvalue weighted by atomic mass is 19.1. The highest BCUT2D eigenvalue weighted by molar-refractivity contribution is 6.01. The van der Waals surface area contributed by atoms with Gasteiger partial charge >= 0.3 is 6.01 Å². The van der Waals surface area contributed by atoms with E-state index in [4.69, 9.17) is 4.42 Å². The lowest BCUT2D eigenvalue weighted by Crippen LogP contribution is -2.16. The summed E-state index contributed by atoms with van der Waals surface area (Å²) >= 11 is 0. The predicted molar refractivity (Wildman–Crippen MR) is 75.5 cm³/mol. The van der Waals surface area contributed by atoms with Gasteiger partial charge in [-0.3, -0.25) is 14.8 Å². The molecule has 1 aromatic carbocycles. The number of hydrogen-bond acceptors (Lipinski definition) is 5. The van der Waals surface area contributed by atoms with Gasteiger partial charge in [0.25, 0.3) is 11.8 Å². The Kier molecular flexibility index (Phi) is 3.61. The molecule has 0 aliphatic rings. The van der Waals surface area contributed by atoms with Crippen molar-refractivity contribution in [2.24, 2.45) is 7.05 Å². The van der Waals surface area contributed by atoms with Gasteiger partial charge in [0, 0.05) is 13.1 Å². The van der Waals surface area contributed by atoms with Crippen LogP contribution in [0, 0.1) is 18.6 Å². The highest BCUT2D eigenvalue weighted by Crippen LogP contribution is 2.23. The first-order valence-corrected chi connectivity index (χ1v) is 6.55. The summed E-state index contributed by atoms with van der Waals surface area (Å²) in [7, 11) is 1.62. The molecule has 2 aromatic heterocycles. The van der Waals surface area contributed by atoms with E-state index in [1.807, 2.05) is 0 Å². The van der Waals surface area contributed by atoms with Crippen LogP contribution in [0.1, 0.15) is 16.2 Å². The zero-order valence-corrected chi connectivity index (χ0v) is 12.2. The second-order valence-electron chi connectivity index (χ2n) is 4.79. The third-order valence-corrected chi connectivity index (χ3v) is 3.04. The summed E-state index contributed by atoms with van der Waals surface area (Å²) in [4.78, 5) is 12.1. The maximum atomic E-state index is 13.7. The van der Waals surface area contributed by atoms with Gasteiger partial charge in [0.15, 0.2) is 0 Å². The normalized spacial score (nSPS) is 10.8. The van der Waals surface area contributed by atoms with E-state index in [9.17, 15) is 13.6 Å². The molecule has 2 heterocycles. The molecule has 23 heavy (non-hydrogen) atoms. The number of benzene rings is 1. The van der Waals surface area contributed by atoms with E-state index in [1.165, 1.54) is 10.7 Å². The summed E-state index contributed by atoms with van der Waals surface area (Å²) in [5, 5.41) is 13.7. The molecule has 0 spiro atoms. The second-order valence-corrected chi connectivity index (χ2v) is 4.79. The van der Waals surface area contributed by atoms with Crippen LogP contribution in [0.2, 0.25) is 0 Å². The number of aryl methyl sites for hydroxylation is 2. The third kappa shape index (κ3) is 2.93. The number of carbonyl (C=O) groups excluding carboxylic acids is 1. The van der Waals surface area contributed by atoms with Crippen molar-refractivity contribution in [2.75, 3.05) is 5.32 Å². The van der Waals surface area contributed by atoms with Crippen molar-refractivity contribution in [2.45, 2.75) is 6.92 Å². The fourth-order valence-electron chi connectivity index (χ4n) is 2.03. The third-order valence-electron chi connectivity index (χ3n) is 3.04. The molecule has 3 rings (SSSR count). The van der Waals surface area contributed by atoms with Crippen molar-refractivity contribution < 1.29 is 18.0 Å². The molecule has 0 unspecified atom stereocenters. The van der Waals surface area contributed by atoms with Gasteiger partial charge < -0.3 is 4.42 Å². The maximum Gasteiger partial charge on any atom is 0.322 e. The van der Waals surface area contributed by atoms with Gasteiger partial charge in [0.05, 0.1) is 11.3 Å². The molecule has 0 atom stereocenters. The number of anilines is 1. The quantitative estimate of drug-likeness (QED) is 0.800. The van der Waals surface area contributed by atoms with Crippen LogP contribution in [0.4, 0.5) is 14.8 Å². The van der Waals surface area contributed by atoms with Crippen LogP contribution in [-0.4, -0.2) is 25.9 Å². The maximum absolute atomic E-state index is 13.7. The van der Waals surface area contributed by atoms with Crippen molar-refractivity contribution in [3.63, 3.8) is 0 Å². The number of nitrogens with zero attached hydrogens (tertiary/aromatic N) is 4. The average molecular weight is 319 g/mol. The second kappa shape index (κ2) is 5.59. The minimum Gasteiger partial charge on any atom is -0.403 e. The molecule has 1 amide bonds. The van der Waals surface area contributed by atoms with E-state index in [-0.39, 0.29) is 17.5 Å². The Bertz CT molecular complexity index is 887. The smallest absolute Gasteiger partial charge is 0.322 e. The monoisotopic (exact) mass is 319 g/mol. The number of halogens is 2. The van der Waals surface area contributed by atoms with Crippen molar-refractivity contribution in [1.82, 2.24) is 20.0 Å². The fourth-order valence-corrected chi connectivity index (χ4v) is 2.03. The summed E-state index contributed by atoms with van der Waals surface area (Å²) in [6.07, 6.45) is 0. The van der Waals surface area contributed by atoms with Crippen LogP contribution in [0.25, 0.3) is 11.5 Å². The molecular formula is C14H11F2N5O2. The molecule has 0 saturated heterocycles. The van der Waals surface area contributed by atoms with E-state index in [0.29, 0.717) is 17.5 Å². The highest BCUT2D eigenvalue weighted by Gasteiger charge is 2.17. The SMILES string of the molecule is Cc1cc(C(=O)Nc2nnc(-c3ccc(F)cc3F)o2)n(C)n1. The lowest BCUT2D eigenvalue weighted by atomic mass is 10.2. The fraction of sp³-hybridized carbons (Fsp3) is 0.143. The van der Waals surface area contributed by atoms with E-state index in [1.54, 1.807) is 20.0 Å². The Hall–Kier alpha value is -3.10. The first-order chi connectivity index (χ1) is 10.9. The van der Waals surface area contributed by atoms with Gasteiger partial charge in [-0.05, 0) is 25.1 Å². The number of amides is 1.